The van der Waals surface area contributed by atoms with Crippen molar-refractivity contribution in [3.05, 3.63) is 48.5 Å². The molecule has 15 heavy (non-hydrogen) atoms. The van der Waals surface area contributed by atoms with E-state index in [1.54, 1.807) is 14.2 Å². The zero-order valence-electron chi connectivity index (χ0n) is 10.0. The maximum atomic E-state index is 4.25. The average Bonchev–Trinajstić information content (AvgIpc) is 2.33. The quantitative estimate of drug-likeness (QED) is 0.627. The van der Waals surface area contributed by atoms with Gasteiger partial charge in [-0.1, -0.05) is 62.4 Å². The predicted molar refractivity (Wildman–Crippen MR) is 68.2 cm³/mol. The van der Waals surface area contributed by atoms with Crippen LogP contribution in [0.1, 0.15) is 13.8 Å². The van der Waals surface area contributed by atoms with Crippen LogP contribution in [-0.4, -0.2) is 14.2 Å². The van der Waals surface area contributed by atoms with E-state index in [4.69, 9.17) is 0 Å². The number of ether oxygens (including phenoxy) is 1. The van der Waals surface area contributed by atoms with E-state index in [0.29, 0.717) is 0 Å². The van der Waals surface area contributed by atoms with Crippen molar-refractivity contribution in [2.24, 2.45) is 0 Å². The van der Waals surface area contributed by atoms with Gasteiger partial charge in [0.1, 0.15) is 0 Å². The molecule has 0 fully saturated rings. The molecule has 0 aromatic heterocycles. The van der Waals surface area contributed by atoms with Gasteiger partial charge in [-0.05, 0) is 10.8 Å². The first kappa shape index (κ1) is 13.7. The molecular formula is C14H20O. The minimum absolute atomic E-state index is 1.31. The lowest BCUT2D eigenvalue weighted by molar-refractivity contribution is 0.277. The third-order valence-corrected chi connectivity index (χ3v) is 1.66. The van der Waals surface area contributed by atoms with Crippen molar-refractivity contribution in [3.8, 4) is 0 Å². The Balaban J connectivity index is 0.000000342. The van der Waals surface area contributed by atoms with E-state index >= 15 is 0 Å². The standard InChI is InChI=1S/C10H8.C2H6O.C2H6/c1-2-6-10-8-4-3-7-9(10)5-1;1-3-2;1-2/h1-8H;1-2H3;1-2H3. The van der Waals surface area contributed by atoms with E-state index in [0.717, 1.165) is 0 Å². The third-order valence-electron chi connectivity index (χ3n) is 1.66. The first-order valence-electron chi connectivity index (χ1n) is 5.22. The molecule has 0 aliphatic heterocycles. The van der Waals surface area contributed by atoms with Crippen molar-refractivity contribution in [3.63, 3.8) is 0 Å². The second-order valence-electron chi connectivity index (χ2n) is 2.76. The molecule has 0 saturated carbocycles. The molecule has 0 aliphatic rings. The molecule has 0 bridgehead atoms. The molecule has 0 aliphatic carbocycles. The Morgan fingerprint density at radius 3 is 1.07 bits per heavy atom. The molecule has 0 saturated heterocycles. The van der Waals surface area contributed by atoms with Gasteiger partial charge in [-0.2, -0.15) is 0 Å². The van der Waals surface area contributed by atoms with Crippen LogP contribution in [0.25, 0.3) is 10.8 Å². The highest BCUT2D eigenvalue weighted by Crippen LogP contribution is 2.11. The van der Waals surface area contributed by atoms with Crippen LogP contribution in [0.4, 0.5) is 0 Å². The molecule has 0 unspecified atom stereocenters. The summed E-state index contributed by atoms with van der Waals surface area (Å²) in [7, 11) is 3.25. The molecule has 0 spiro atoms. The van der Waals surface area contributed by atoms with E-state index in [1.165, 1.54) is 10.8 Å². The van der Waals surface area contributed by atoms with Gasteiger partial charge in [-0.3, -0.25) is 0 Å². The maximum absolute atomic E-state index is 4.25. The summed E-state index contributed by atoms with van der Waals surface area (Å²) in [4.78, 5) is 0. The summed E-state index contributed by atoms with van der Waals surface area (Å²) in [6, 6.07) is 16.7. The number of hydrogen-bond acceptors (Lipinski definition) is 1. The fourth-order valence-electron chi connectivity index (χ4n) is 1.13. The van der Waals surface area contributed by atoms with Crippen LogP contribution in [0.5, 0.6) is 0 Å². The van der Waals surface area contributed by atoms with Crippen LogP contribution in [0, 0.1) is 0 Å². The summed E-state index contributed by atoms with van der Waals surface area (Å²) in [6.07, 6.45) is 0. The van der Waals surface area contributed by atoms with E-state index < -0.39 is 0 Å². The third kappa shape index (κ3) is 5.18. The van der Waals surface area contributed by atoms with Crippen LogP contribution < -0.4 is 0 Å². The van der Waals surface area contributed by atoms with Gasteiger partial charge >= 0.3 is 0 Å². The average molecular weight is 204 g/mol. The number of methoxy groups -OCH3 is 1. The van der Waals surface area contributed by atoms with Crippen LogP contribution >= 0.6 is 0 Å². The first-order chi connectivity index (χ1) is 7.38. The highest BCUT2D eigenvalue weighted by molar-refractivity contribution is 5.81. The van der Waals surface area contributed by atoms with Crippen molar-refractivity contribution in [2.45, 2.75) is 13.8 Å². The fourth-order valence-corrected chi connectivity index (χ4v) is 1.13. The number of hydrogen-bond donors (Lipinski definition) is 0. The Labute approximate surface area is 92.7 Å². The first-order valence-corrected chi connectivity index (χ1v) is 5.22. The van der Waals surface area contributed by atoms with Crippen molar-refractivity contribution < 1.29 is 4.74 Å². The van der Waals surface area contributed by atoms with E-state index in [-0.39, 0.29) is 0 Å². The largest absolute Gasteiger partial charge is 0.388 e. The van der Waals surface area contributed by atoms with Crippen LogP contribution in [0.15, 0.2) is 48.5 Å². The van der Waals surface area contributed by atoms with Gasteiger partial charge < -0.3 is 4.74 Å². The van der Waals surface area contributed by atoms with Gasteiger partial charge in [-0.25, -0.2) is 0 Å². The van der Waals surface area contributed by atoms with Gasteiger partial charge in [0.2, 0.25) is 0 Å². The lowest BCUT2D eigenvalue weighted by atomic mass is 10.1. The van der Waals surface area contributed by atoms with Crippen LogP contribution in [0.2, 0.25) is 0 Å². The summed E-state index contributed by atoms with van der Waals surface area (Å²) in [5.74, 6) is 0. The Morgan fingerprint density at radius 2 is 0.867 bits per heavy atom. The maximum Gasteiger partial charge on any atom is 0.0351 e. The van der Waals surface area contributed by atoms with Gasteiger partial charge in [0, 0.05) is 14.2 Å². The Bertz CT molecular complexity index is 290. The monoisotopic (exact) mass is 204 g/mol. The molecule has 0 N–H and O–H groups in total. The molecule has 1 heteroatoms. The molecular weight excluding hydrogens is 184 g/mol. The molecule has 2 aromatic carbocycles. The van der Waals surface area contributed by atoms with Gasteiger partial charge in [-0.15, -0.1) is 0 Å². The molecule has 0 atom stereocenters. The summed E-state index contributed by atoms with van der Waals surface area (Å²) in [5, 5.41) is 2.62. The molecule has 0 amide bonds. The zero-order chi connectivity index (χ0) is 11.5. The Morgan fingerprint density at radius 1 is 0.667 bits per heavy atom. The Hall–Kier alpha value is -1.34. The summed E-state index contributed by atoms with van der Waals surface area (Å²) in [6.45, 7) is 4.00. The van der Waals surface area contributed by atoms with Crippen molar-refractivity contribution in [1.82, 2.24) is 0 Å². The van der Waals surface area contributed by atoms with Crippen molar-refractivity contribution in [2.75, 3.05) is 14.2 Å². The topological polar surface area (TPSA) is 9.23 Å². The fraction of sp³-hybridized carbons (Fsp3) is 0.286. The number of rotatable bonds is 0. The molecule has 0 radical (unpaired) electrons. The highest BCUT2D eigenvalue weighted by Gasteiger charge is 1.85. The smallest absolute Gasteiger partial charge is 0.0351 e. The molecule has 2 aromatic rings. The zero-order valence-corrected chi connectivity index (χ0v) is 10.0. The lowest BCUT2D eigenvalue weighted by Gasteiger charge is -1.92. The SMILES string of the molecule is CC.COC.c1ccc2ccccc2c1. The normalized spacial score (nSPS) is 8.27. The minimum Gasteiger partial charge on any atom is -0.388 e. The van der Waals surface area contributed by atoms with E-state index in [2.05, 4.69) is 53.3 Å². The molecule has 82 valence electrons. The second kappa shape index (κ2) is 9.22. The summed E-state index contributed by atoms with van der Waals surface area (Å²) >= 11 is 0. The van der Waals surface area contributed by atoms with Gasteiger partial charge in [0.25, 0.3) is 0 Å². The molecule has 2 rings (SSSR count). The van der Waals surface area contributed by atoms with E-state index in [1.807, 2.05) is 13.8 Å². The summed E-state index contributed by atoms with van der Waals surface area (Å²) in [5.41, 5.74) is 0. The molecule has 0 heterocycles. The summed E-state index contributed by atoms with van der Waals surface area (Å²) < 4.78 is 4.25. The highest BCUT2D eigenvalue weighted by atomic mass is 16.4. The predicted octanol–water partition coefficient (Wildman–Crippen LogP) is 4.13. The minimum atomic E-state index is 1.31. The van der Waals surface area contributed by atoms with Crippen molar-refractivity contribution in [1.29, 1.82) is 0 Å². The van der Waals surface area contributed by atoms with Crippen LogP contribution in [-0.2, 0) is 4.74 Å². The van der Waals surface area contributed by atoms with Crippen LogP contribution in [0.3, 0.4) is 0 Å². The van der Waals surface area contributed by atoms with Crippen molar-refractivity contribution >= 4 is 10.8 Å². The lowest BCUT2D eigenvalue weighted by Crippen LogP contribution is -1.67. The second-order valence-corrected chi connectivity index (χ2v) is 2.76. The Kier molecular flexibility index (Phi) is 8.40. The molecule has 1 nitrogen and oxygen atoms in total. The van der Waals surface area contributed by atoms with E-state index in [9.17, 15) is 0 Å². The number of fused-ring (bicyclic) bond motifs is 1. The van der Waals surface area contributed by atoms with Gasteiger partial charge in [0.05, 0.1) is 0 Å². The number of benzene rings is 2. The van der Waals surface area contributed by atoms with Gasteiger partial charge in [0.15, 0.2) is 0 Å².